The Kier molecular flexibility index (Phi) is 4.60. The van der Waals surface area contributed by atoms with Crippen LogP contribution in [0.15, 0.2) is 48.8 Å². The van der Waals surface area contributed by atoms with Gasteiger partial charge in [0.25, 0.3) is 5.92 Å². The van der Waals surface area contributed by atoms with Crippen molar-refractivity contribution in [3.63, 3.8) is 0 Å². The third kappa shape index (κ3) is 4.19. The number of amides is 1. The molecule has 9 heteroatoms. The van der Waals surface area contributed by atoms with Crippen molar-refractivity contribution < 1.29 is 22.4 Å². The van der Waals surface area contributed by atoms with Crippen LogP contribution in [0.1, 0.15) is 28.1 Å². The van der Waals surface area contributed by atoms with Crippen LogP contribution in [0, 0.1) is 11.3 Å². The average Bonchev–Trinajstić information content (AvgIpc) is 3.05. The number of anilines is 1. The largest absolute Gasteiger partial charge is 0.481 e. The van der Waals surface area contributed by atoms with Gasteiger partial charge in [0.1, 0.15) is 11.9 Å². The standard InChI is InChI=1S/C22H21F2N5O2/c1-31-20-10-16(7-9-26-20)22(23,24)8-6-21(30)28-13-17-3-4-18(14-28)29(17)19-5-2-15(11-25)12-27-19/h2,5-10,12,17-18H,3-4,13-14H2,1H3/b8-6+/t17-,18?/m0/s1/i1D3. The average molecular weight is 428 g/mol. The molecule has 0 aliphatic carbocycles. The molecule has 2 bridgehead atoms. The zero-order valence-corrected chi connectivity index (χ0v) is 16.4. The number of likely N-dealkylation sites (tertiary alicyclic amines) is 1. The third-order valence-electron chi connectivity index (χ3n) is 5.59. The maximum absolute atomic E-state index is 14.7. The van der Waals surface area contributed by atoms with Gasteiger partial charge in [-0.05, 0) is 37.1 Å². The number of ether oxygens (including phenoxy) is 1. The number of hydrogen-bond donors (Lipinski definition) is 0. The molecule has 2 aliphatic rings. The van der Waals surface area contributed by atoms with E-state index in [4.69, 9.17) is 9.37 Å². The number of fused-ring (bicyclic) bond motifs is 2. The summed E-state index contributed by atoms with van der Waals surface area (Å²) in [7, 11) is -2.82. The Hall–Kier alpha value is -3.54. The van der Waals surface area contributed by atoms with Crippen molar-refractivity contribution >= 4 is 11.7 Å². The van der Waals surface area contributed by atoms with Gasteiger partial charge >= 0.3 is 0 Å². The van der Waals surface area contributed by atoms with Gasteiger partial charge in [0.05, 0.1) is 16.7 Å². The number of nitrogens with zero attached hydrogens (tertiary/aromatic N) is 5. The molecule has 2 aliphatic heterocycles. The summed E-state index contributed by atoms with van der Waals surface area (Å²) in [6.45, 7) is 0.748. The van der Waals surface area contributed by atoms with E-state index in [-0.39, 0.29) is 12.1 Å². The number of nitriles is 1. The molecule has 0 radical (unpaired) electrons. The molecule has 160 valence electrons. The molecular weight excluding hydrogens is 404 g/mol. The van der Waals surface area contributed by atoms with E-state index in [1.54, 1.807) is 17.0 Å². The quantitative estimate of drug-likeness (QED) is 0.681. The Morgan fingerprint density at radius 1 is 1.32 bits per heavy atom. The van der Waals surface area contributed by atoms with E-state index in [1.165, 1.54) is 6.20 Å². The zero-order chi connectivity index (χ0) is 24.5. The van der Waals surface area contributed by atoms with Gasteiger partial charge in [0.2, 0.25) is 11.8 Å². The molecule has 2 saturated heterocycles. The van der Waals surface area contributed by atoms with Crippen LogP contribution in [-0.4, -0.2) is 53.0 Å². The predicted molar refractivity (Wildman–Crippen MR) is 109 cm³/mol. The molecular formula is C22H21F2N5O2. The number of aromatic nitrogens is 2. The van der Waals surface area contributed by atoms with E-state index in [2.05, 4.69) is 19.6 Å². The summed E-state index contributed by atoms with van der Waals surface area (Å²) in [5.74, 6) is -3.79. The van der Waals surface area contributed by atoms with E-state index in [1.807, 2.05) is 6.07 Å². The minimum absolute atomic E-state index is 0.0110. The van der Waals surface area contributed by atoms with Crippen molar-refractivity contribution in [1.82, 2.24) is 14.9 Å². The first kappa shape index (κ1) is 17.2. The van der Waals surface area contributed by atoms with Gasteiger partial charge in [-0.15, -0.1) is 0 Å². The molecule has 1 amide bonds. The van der Waals surface area contributed by atoms with Crippen LogP contribution in [-0.2, 0) is 10.7 Å². The number of allylic oxidation sites excluding steroid dienone is 1. The molecule has 4 heterocycles. The van der Waals surface area contributed by atoms with Crippen molar-refractivity contribution in [2.75, 3.05) is 25.0 Å². The molecule has 2 aromatic rings. The van der Waals surface area contributed by atoms with Gasteiger partial charge in [-0.3, -0.25) is 4.79 Å². The highest BCUT2D eigenvalue weighted by Crippen LogP contribution is 2.35. The van der Waals surface area contributed by atoms with Crippen LogP contribution in [0.25, 0.3) is 0 Å². The first-order chi connectivity index (χ1) is 16.1. The number of piperazine rings is 1. The number of carbonyl (C=O) groups is 1. The summed E-state index contributed by atoms with van der Waals surface area (Å²) < 4.78 is 55.2. The van der Waals surface area contributed by atoms with E-state index in [9.17, 15) is 13.6 Å². The van der Waals surface area contributed by atoms with Gasteiger partial charge in [0, 0.05) is 55.3 Å². The summed E-state index contributed by atoms with van der Waals surface area (Å²) in [6, 6.07) is 7.39. The van der Waals surface area contributed by atoms with Crippen LogP contribution >= 0.6 is 0 Å². The summed E-state index contributed by atoms with van der Waals surface area (Å²) >= 11 is 0. The Morgan fingerprint density at radius 2 is 2.10 bits per heavy atom. The molecule has 2 atom stereocenters. The first-order valence-electron chi connectivity index (χ1n) is 11.2. The van der Waals surface area contributed by atoms with Crippen molar-refractivity contribution in [2.45, 2.75) is 30.8 Å². The van der Waals surface area contributed by atoms with Crippen LogP contribution in [0.5, 0.6) is 5.88 Å². The van der Waals surface area contributed by atoms with Crippen molar-refractivity contribution in [3.05, 3.63) is 59.9 Å². The van der Waals surface area contributed by atoms with Crippen LogP contribution in [0.3, 0.4) is 0 Å². The lowest BCUT2D eigenvalue weighted by Gasteiger charge is -2.41. The Morgan fingerprint density at radius 3 is 2.74 bits per heavy atom. The van der Waals surface area contributed by atoms with Gasteiger partial charge in [-0.1, -0.05) is 0 Å². The van der Waals surface area contributed by atoms with Crippen LogP contribution in [0.4, 0.5) is 14.6 Å². The topological polar surface area (TPSA) is 82.4 Å². The number of alkyl halides is 2. The molecule has 7 nitrogen and oxygen atoms in total. The van der Waals surface area contributed by atoms with E-state index in [0.717, 1.165) is 43.1 Å². The Labute approximate surface area is 182 Å². The molecule has 1 unspecified atom stereocenters. The lowest BCUT2D eigenvalue weighted by Crippen LogP contribution is -2.55. The van der Waals surface area contributed by atoms with E-state index >= 15 is 0 Å². The van der Waals surface area contributed by atoms with Crippen LogP contribution in [0.2, 0.25) is 0 Å². The second-order valence-electron chi connectivity index (χ2n) is 7.49. The number of hydrogen-bond acceptors (Lipinski definition) is 6. The van der Waals surface area contributed by atoms with E-state index in [0.29, 0.717) is 24.7 Å². The molecule has 0 saturated carbocycles. The summed E-state index contributed by atoms with van der Waals surface area (Å²) in [5, 5.41) is 8.95. The first-order valence-corrected chi connectivity index (χ1v) is 9.72. The fourth-order valence-electron chi connectivity index (χ4n) is 4.11. The normalized spacial score (nSPS) is 22.5. The van der Waals surface area contributed by atoms with Crippen molar-refractivity contribution in [3.8, 4) is 11.9 Å². The monoisotopic (exact) mass is 428 g/mol. The highest BCUT2D eigenvalue weighted by Gasteiger charge is 2.41. The molecule has 2 fully saturated rings. The molecule has 0 spiro atoms. The van der Waals surface area contributed by atoms with Crippen molar-refractivity contribution in [1.29, 1.82) is 5.26 Å². The summed E-state index contributed by atoms with van der Waals surface area (Å²) in [5.41, 5.74) is -0.0789. The van der Waals surface area contributed by atoms with Gasteiger partial charge in [-0.2, -0.15) is 14.0 Å². The number of pyridine rings is 2. The van der Waals surface area contributed by atoms with Gasteiger partial charge < -0.3 is 14.5 Å². The van der Waals surface area contributed by atoms with Crippen LogP contribution < -0.4 is 9.64 Å². The molecule has 2 aromatic heterocycles. The van der Waals surface area contributed by atoms with Gasteiger partial charge in [-0.25, -0.2) is 9.97 Å². The molecule has 31 heavy (non-hydrogen) atoms. The molecule has 4 rings (SSSR count). The minimum Gasteiger partial charge on any atom is -0.481 e. The fraction of sp³-hybridized carbons (Fsp3) is 0.364. The highest BCUT2D eigenvalue weighted by molar-refractivity contribution is 5.88. The van der Waals surface area contributed by atoms with Gasteiger partial charge in [0.15, 0.2) is 0 Å². The second kappa shape index (κ2) is 8.30. The maximum Gasteiger partial charge on any atom is 0.292 e. The predicted octanol–water partition coefficient (Wildman–Crippen LogP) is 2.88. The zero-order valence-electron chi connectivity index (χ0n) is 19.4. The molecule has 0 N–H and O–H groups in total. The van der Waals surface area contributed by atoms with Crippen molar-refractivity contribution in [2.24, 2.45) is 0 Å². The highest BCUT2D eigenvalue weighted by atomic mass is 19.3. The van der Waals surface area contributed by atoms with E-state index < -0.39 is 30.3 Å². The Balaban J connectivity index is 1.43. The number of carbonyl (C=O) groups excluding carboxylic acids is 1. The fourth-order valence-corrected chi connectivity index (χ4v) is 4.11. The lowest BCUT2D eigenvalue weighted by atomic mass is 10.1. The summed E-state index contributed by atoms with van der Waals surface area (Å²) in [4.78, 5) is 24.4. The smallest absolute Gasteiger partial charge is 0.292 e. The maximum atomic E-state index is 14.7. The molecule has 0 aromatic carbocycles. The Bertz CT molecular complexity index is 1120. The number of halogens is 2. The second-order valence-corrected chi connectivity index (χ2v) is 7.49. The third-order valence-corrected chi connectivity index (χ3v) is 5.59. The number of rotatable bonds is 5. The minimum atomic E-state index is -3.53. The number of methoxy groups -OCH3 is 1. The SMILES string of the molecule is [2H]C([2H])([2H])Oc1cc(C(F)(F)/C=C/C(=O)N2CC3CC[C@@H](C2)N3c2ccc(C#N)cn2)ccn1. The lowest BCUT2D eigenvalue weighted by molar-refractivity contribution is -0.127. The summed E-state index contributed by atoms with van der Waals surface area (Å²) in [6.07, 6.45) is 5.57.